The number of hydrogen-bond donors (Lipinski definition) is 1. The predicted octanol–water partition coefficient (Wildman–Crippen LogP) is 2.82. The van der Waals surface area contributed by atoms with Crippen molar-refractivity contribution in [3.05, 3.63) is 15.6 Å². The Hall–Kier alpha value is -0.450. The molecule has 0 amide bonds. The van der Waals surface area contributed by atoms with Gasteiger partial charge in [0, 0.05) is 17.5 Å². The van der Waals surface area contributed by atoms with E-state index in [1.54, 1.807) is 0 Å². The topological polar surface area (TPSA) is 28.2 Å². The highest BCUT2D eigenvalue weighted by Crippen LogP contribution is 2.39. The van der Waals surface area contributed by atoms with Crippen LogP contribution in [-0.2, 0) is 5.54 Å². The molecule has 1 aliphatic carbocycles. The van der Waals surface area contributed by atoms with Crippen molar-refractivity contribution in [2.24, 2.45) is 0 Å². The Labute approximate surface area is 120 Å². The Morgan fingerprint density at radius 2 is 2.05 bits per heavy atom. The van der Waals surface area contributed by atoms with E-state index >= 15 is 0 Å². The maximum Gasteiger partial charge on any atom is 0.113 e. The molecule has 3 nitrogen and oxygen atoms in total. The van der Waals surface area contributed by atoms with Gasteiger partial charge in [0.25, 0.3) is 0 Å². The van der Waals surface area contributed by atoms with Crippen LogP contribution in [0.1, 0.15) is 47.7 Å². The zero-order valence-electron chi connectivity index (χ0n) is 12.3. The Morgan fingerprint density at radius 3 is 2.68 bits per heavy atom. The van der Waals surface area contributed by atoms with Crippen LogP contribution in [0.25, 0.3) is 0 Å². The fraction of sp³-hybridized carbons (Fsp3) is 0.800. The second-order valence-electron chi connectivity index (χ2n) is 6.32. The van der Waals surface area contributed by atoms with E-state index in [1.165, 1.54) is 60.8 Å². The third-order valence-electron chi connectivity index (χ3n) is 4.56. The molecule has 2 fully saturated rings. The maximum atomic E-state index is 4.89. The quantitative estimate of drug-likeness (QED) is 0.922. The first-order chi connectivity index (χ1) is 9.09. The van der Waals surface area contributed by atoms with Crippen LogP contribution in [0, 0.1) is 13.8 Å². The molecule has 0 spiro atoms. The number of nitrogens with zero attached hydrogens (tertiary/aromatic N) is 2. The lowest BCUT2D eigenvalue weighted by molar-refractivity contribution is 0.276. The molecule has 1 aliphatic heterocycles. The first kappa shape index (κ1) is 13.5. The van der Waals surface area contributed by atoms with Crippen molar-refractivity contribution < 1.29 is 0 Å². The van der Waals surface area contributed by atoms with Gasteiger partial charge in [-0.3, -0.25) is 0 Å². The standard InChI is InChI=1S/C15H25N3S/c1-11-12(2)19-14(16-11)15(17-13-5-6-13)7-4-9-18(3)10-8-15/h13,17H,4-10H2,1-3H3. The molecule has 1 atom stereocenters. The number of rotatable bonds is 3. The van der Waals surface area contributed by atoms with E-state index in [0.717, 1.165) is 6.04 Å². The summed E-state index contributed by atoms with van der Waals surface area (Å²) >= 11 is 1.91. The first-order valence-corrected chi connectivity index (χ1v) is 8.31. The van der Waals surface area contributed by atoms with E-state index in [-0.39, 0.29) is 5.54 Å². The summed E-state index contributed by atoms with van der Waals surface area (Å²) in [5.41, 5.74) is 1.37. The zero-order chi connectivity index (χ0) is 13.5. The third kappa shape index (κ3) is 2.86. The second kappa shape index (κ2) is 5.15. The largest absolute Gasteiger partial charge is 0.306 e. The number of hydrogen-bond acceptors (Lipinski definition) is 4. The molecule has 1 aromatic heterocycles. The highest BCUT2D eigenvalue weighted by atomic mass is 32.1. The molecule has 19 heavy (non-hydrogen) atoms. The van der Waals surface area contributed by atoms with Gasteiger partial charge in [0.05, 0.1) is 11.2 Å². The number of likely N-dealkylation sites (tertiary alicyclic amines) is 1. The van der Waals surface area contributed by atoms with Crippen LogP contribution >= 0.6 is 11.3 Å². The van der Waals surface area contributed by atoms with E-state index in [2.05, 4.69) is 31.1 Å². The minimum Gasteiger partial charge on any atom is -0.306 e. The fourth-order valence-corrected chi connectivity index (χ4v) is 4.11. The van der Waals surface area contributed by atoms with E-state index < -0.39 is 0 Å². The van der Waals surface area contributed by atoms with Crippen molar-refractivity contribution in [2.75, 3.05) is 20.1 Å². The van der Waals surface area contributed by atoms with Gasteiger partial charge in [-0.2, -0.15) is 0 Å². The van der Waals surface area contributed by atoms with Crippen molar-refractivity contribution in [1.29, 1.82) is 0 Å². The van der Waals surface area contributed by atoms with Gasteiger partial charge in [-0.25, -0.2) is 4.98 Å². The molecule has 1 saturated heterocycles. The SMILES string of the molecule is Cc1nc(C2(NC3CC3)CCCN(C)CC2)sc1C. The number of nitrogens with one attached hydrogen (secondary N) is 1. The zero-order valence-corrected chi connectivity index (χ0v) is 13.1. The van der Waals surface area contributed by atoms with Crippen LogP contribution in [0.15, 0.2) is 0 Å². The molecule has 0 aromatic carbocycles. The molecule has 1 N–H and O–H groups in total. The lowest BCUT2D eigenvalue weighted by Crippen LogP contribution is -2.44. The molecular weight excluding hydrogens is 254 g/mol. The molecule has 2 aliphatic rings. The minimum absolute atomic E-state index is 0.148. The molecule has 3 rings (SSSR count). The molecule has 0 radical (unpaired) electrons. The van der Waals surface area contributed by atoms with Gasteiger partial charge < -0.3 is 10.2 Å². The summed E-state index contributed by atoms with van der Waals surface area (Å²) in [5, 5.41) is 5.28. The Morgan fingerprint density at radius 1 is 1.26 bits per heavy atom. The van der Waals surface area contributed by atoms with Crippen LogP contribution in [-0.4, -0.2) is 36.1 Å². The average Bonchev–Trinajstić information content (AvgIpc) is 3.14. The van der Waals surface area contributed by atoms with Gasteiger partial charge in [-0.1, -0.05) is 0 Å². The summed E-state index contributed by atoms with van der Waals surface area (Å²) < 4.78 is 0. The second-order valence-corrected chi connectivity index (χ2v) is 7.52. The van der Waals surface area contributed by atoms with E-state index in [0.29, 0.717) is 0 Å². The van der Waals surface area contributed by atoms with Gasteiger partial charge in [-0.15, -0.1) is 11.3 Å². The van der Waals surface area contributed by atoms with Crippen LogP contribution in [0.2, 0.25) is 0 Å². The van der Waals surface area contributed by atoms with Gasteiger partial charge >= 0.3 is 0 Å². The summed E-state index contributed by atoms with van der Waals surface area (Å²) in [6.45, 7) is 6.74. The molecule has 1 aromatic rings. The molecule has 4 heteroatoms. The predicted molar refractivity (Wildman–Crippen MR) is 80.8 cm³/mol. The van der Waals surface area contributed by atoms with Crippen LogP contribution in [0.5, 0.6) is 0 Å². The molecule has 106 valence electrons. The summed E-state index contributed by atoms with van der Waals surface area (Å²) in [7, 11) is 2.24. The lowest BCUT2D eigenvalue weighted by Gasteiger charge is -2.32. The van der Waals surface area contributed by atoms with Gasteiger partial charge in [-0.05, 0) is 59.5 Å². The van der Waals surface area contributed by atoms with E-state index in [4.69, 9.17) is 4.98 Å². The lowest BCUT2D eigenvalue weighted by atomic mass is 9.91. The van der Waals surface area contributed by atoms with Crippen molar-refractivity contribution in [2.45, 2.75) is 57.5 Å². The highest BCUT2D eigenvalue weighted by Gasteiger charge is 2.40. The molecule has 1 saturated carbocycles. The maximum absolute atomic E-state index is 4.89. The van der Waals surface area contributed by atoms with Gasteiger partial charge in [0.15, 0.2) is 0 Å². The van der Waals surface area contributed by atoms with Gasteiger partial charge in [0.2, 0.25) is 0 Å². The monoisotopic (exact) mass is 279 g/mol. The highest BCUT2D eigenvalue weighted by molar-refractivity contribution is 7.11. The normalized spacial score (nSPS) is 29.4. The van der Waals surface area contributed by atoms with Crippen molar-refractivity contribution in [1.82, 2.24) is 15.2 Å². The molecule has 0 bridgehead atoms. The Balaban J connectivity index is 1.90. The first-order valence-electron chi connectivity index (χ1n) is 7.50. The average molecular weight is 279 g/mol. The third-order valence-corrected chi connectivity index (χ3v) is 5.84. The summed E-state index contributed by atoms with van der Waals surface area (Å²) in [6.07, 6.45) is 6.41. The van der Waals surface area contributed by atoms with Crippen LogP contribution < -0.4 is 5.32 Å². The van der Waals surface area contributed by atoms with Crippen molar-refractivity contribution in [3.8, 4) is 0 Å². The molecular formula is C15H25N3S. The van der Waals surface area contributed by atoms with Crippen LogP contribution in [0.4, 0.5) is 0 Å². The minimum atomic E-state index is 0.148. The number of aryl methyl sites for hydroxylation is 2. The number of aromatic nitrogens is 1. The van der Waals surface area contributed by atoms with Crippen molar-refractivity contribution in [3.63, 3.8) is 0 Å². The van der Waals surface area contributed by atoms with E-state index in [1.807, 2.05) is 11.3 Å². The van der Waals surface area contributed by atoms with Crippen molar-refractivity contribution >= 4 is 11.3 Å². The summed E-state index contributed by atoms with van der Waals surface area (Å²) in [5.74, 6) is 0. The Kier molecular flexibility index (Phi) is 3.67. The summed E-state index contributed by atoms with van der Waals surface area (Å²) in [6, 6.07) is 0.743. The van der Waals surface area contributed by atoms with Gasteiger partial charge in [0.1, 0.15) is 5.01 Å². The van der Waals surface area contributed by atoms with Crippen LogP contribution in [0.3, 0.4) is 0 Å². The number of thiazole rings is 1. The molecule has 2 heterocycles. The Bertz CT molecular complexity index is 433. The smallest absolute Gasteiger partial charge is 0.113 e. The summed E-state index contributed by atoms with van der Waals surface area (Å²) in [4.78, 5) is 8.73. The molecule has 1 unspecified atom stereocenters. The van der Waals surface area contributed by atoms with E-state index in [9.17, 15) is 0 Å². The fourth-order valence-electron chi connectivity index (χ4n) is 2.99.